The number of amides is 2. The molecule has 5 atom stereocenters. The molecule has 10 heteroatoms. The minimum Gasteiger partial charge on any atom is -0.508 e. The molecule has 1 aliphatic carbocycles. The van der Waals surface area contributed by atoms with Gasteiger partial charge < -0.3 is 35.4 Å². The van der Waals surface area contributed by atoms with E-state index in [2.05, 4.69) is 10.6 Å². The van der Waals surface area contributed by atoms with Gasteiger partial charge in [0.25, 0.3) is 0 Å². The number of nitrogens with one attached hydrogen (secondary N) is 2. The Hall–Kier alpha value is -4.15. The van der Waals surface area contributed by atoms with Crippen molar-refractivity contribution in [1.82, 2.24) is 5.32 Å². The Labute approximate surface area is 271 Å². The number of carbonyl (C=O) groups is 3. The van der Waals surface area contributed by atoms with Gasteiger partial charge in [-0.1, -0.05) is 55.5 Å². The minimum atomic E-state index is -0.949. The van der Waals surface area contributed by atoms with Gasteiger partial charge in [-0.15, -0.1) is 0 Å². The number of hydrogen-bond acceptors (Lipinski definition) is 8. The van der Waals surface area contributed by atoms with Crippen LogP contribution >= 0.6 is 0 Å². The van der Waals surface area contributed by atoms with Crippen LogP contribution in [0.1, 0.15) is 71.3 Å². The van der Waals surface area contributed by atoms with Crippen LogP contribution in [0, 0.1) is 5.92 Å². The second kappa shape index (κ2) is 18.1. The van der Waals surface area contributed by atoms with E-state index in [0.29, 0.717) is 42.4 Å². The van der Waals surface area contributed by atoms with Crippen LogP contribution in [0.2, 0.25) is 0 Å². The quantitative estimate of drug-likeness (QED) is 0.126. The fourth-order valence-corrected chi connectivity index (χ4v) is 5.39. The van der Waals surface area contributed by atoms with Crippen molar-refractivity contribution in [2.24, 2.45) is 5.92 Å². The number of methoxy groups -OCH3 is 1. The van der Waals surface area contributed by atoms with Gasteiger partial charge in [-0.25, -0.2) is 4.79 Å². The summed E-state index contributed by atoms with van der Waals surface area (Å²) >= 11 is 0. The summed E-state index contributed by atoms with van der Waals surface area (Å²) in [6, 6.07) is 1.85. The SMILES string of the molecule is COC1C=CC=CC=CCC(OC(=O)C(C)NC(=O)C2=CCCCC2)C(C)C(O)C(C)=CCCc2cc(O)cc(c2O)NC(=O)C1. The summed E-state index contributed by atoms with van der Waals surface area (Å²) in [5.74, 6) is -2.00. The first kappa shape index (κ1) is 36.3. The number of rotatable bonds is 5. The number of carbonyl (C=O) groups excluding carboxylic acids is 3. The Kier molecular flexibility index (Phi) is 14.3. The molecule has 1 heterocycles. The van der Waals surface area contributed by atoms with Crippen molar-refractivity contribution in [3.63, 3.8) is 0 Å². The van der Waals surface area contributed by atoms with Gasteiger partial charge in [-0.2, -0.15) is 0 Å². The van der Waals surface area contributed by atoms with E-state index < -0.39 is 42.1 Å². The van der Waals surface area contributed by atoms with Crippen molar-refractivity contribution < 1.29 is 39.2 Å². The Morgan fingerprint density at radius 3 is 2.52 bits per heavy atom. The molecule has 0 spiro atoms. The molecule has 1 aromatic carbocycles. The van der Waals surface area contributed by atoms with Crippen LogP contribution in [-0.2, 0) is 30.3 Å². The lowest BCUT2D eigenvalue weighted by Crippen LogP contribution is -2.43. The highest BCUT2D eigenvalue weighted by Gasteiger charge is 2.30. The molecule has 250 valence electrons. The van der Waals surface area contributed by atoms with Crippen LogP contribution in [0.3, 0.4) is 0 Å². The molecule has 2 amide bonds. The van der Waals surface area contributed by atoms with Crippen LogP contribution < -0.4 is 10.6 Å². The maximum absolute atomic E-state index is 13.1. The number of fused-ring (bicyclic) bond motifs is 2. The number of aromatic hydroxyl groups is 2. The van der Waals surface area contributed by atoms with E-state index in [-0.39, 0.29) is 29.5 Å². The maximum Gasteiger partial charge on any atom is 0.328 e. The van der Waals surface area contributed by atoms with Gasteiger partial charge in [0.05, 0.1) is 24.3 Å². The molecule has 0 aromatic heterocycles. The number of aliphatic hydroxyl groups is 1. The van der Waals surface area contributed by atoms with Gasteiger partial charge in [0.1, 0.15) is 23.6 Å². The third kappa shape index (κ3) is 11.0. The zero-order chi connectivity index (χ0) is 33.6. The van der Waals surface area contributed by atoms with Crippen LogP contribution in [0.4, 0.5) is 5.69 Å². The zero-order valence-corrected chi connectivity index (χ0v) is 27.2. The monoisotopic (exact) mass is 636 g/mol. The van der Waals surface area contributed by atoms with Gasteiger partial charge >= 0.3 is 5.97 Å². The average Bonchev–Trinajstić information content (AvgIpc) is 3.04. The number of benzene rings is 1. The number of allylic oxidation sites excluding steroid dienone is 6. The number of esters is 1. The number of aliphatic hydroxyl groups excluding tert-OH is 1. The molecule has 5 unspecified atom stereocenters. The molecule has 46 heavy (non-hydrogen) atoms. The molecular formula is C36H48N2O8. The Morgan fingerprint density at radius 1 is 1.04 bits per heavy atom. The highest BCUT2D eigenvalue weighted by Crippen LogP contribution is 2.34. The van der Waals surface area contributed by atoms with E-state index in [9.17, 15) is 29.7 Å². The second-order valence-electron chi connectivity index (χ2n) is 11.9. The first-order valence-electron chi connectivity index (χ1n) is 15.9. The van der Waals surface area contributed by atoms with Crippen LogP contribution in [-0.4, -0.2) is 64.6 Å². The highest BCUT2D eigenvalue weighted by molar-refractivity contribution is 5.96. The molecule has 1 aliphatic heterocycles. The van der Waals surface area contributed by atoms with Crippen molar-refractivity contribution in [2.45, 2.75) is 96.5 Å². The Morgan fingerprint density at radius 2 is 1.80 bits per heavy atom. The van der Waals surface area contributed by atoms with E-state index >= 15 is 0 Å². The lowest BCUT2D eigenvalue weighted by molar-refractivity contribution is -0.156. The van der Waals surface area contributed by atoms with Crippen molar-refractivity contribution in [3.8, 4) is 11.5 Å². The summed E-state index contributed by atoms with van der Waals surface area (Å²) in [4.78, 5) is 38.5. The smallest absolute Gasteiger partial charge is 0.328 e. The number of hydrogen-bond donors (Lipinski definition) is 5. The number of anilines is 1. The van der Waals surface area contributed by atoms with E-state index in [0.717, 1.165) is 19.3 Å². The second-order valence-corrected chi connectivity index (χ2v) is 11.9. The Bertz CT molecular complexity index is 1380. The fourth-order valence-electron chi connectivity index (χ4n) is 5.39. The van der Waals surface area contributed by atoms with Crippen molar-refractivity contribution in [3.05, 3.63) is 77.5 Å². The van der Waals surface area contributed by atoms with Gasteiger partial charge in [-0.05, 0) is 69.6 Å². The molecule has 0 radical (unpaired) electrons. The largest absolute Gasteiger partial charge is 0.508 e. The standard InChI is InChI=1S/C36H48N2O8/c1-23-14-13-17-27-20-28(39)21-30(34(27)42)38-32(40)22-29(45-4)18-11-6-5-7-12-19-31(24(2)33(23)41)46-36(44)25(3)37-35(43)26-15-9-8-10-16-26/h5-7,11-12,14-15,18,20-21,24-25,29,31,33,39,41-42H,8-10,13,16-17,19,22H2,1-4H3,(H,37,43)(H,38,40). The van der Waals surface area contributed by atoms with Crippen molar-refractivity contribution in [2.75, 3.05) is 12.4 Å². The van der Waals surface area contributed by atoms with Gasteiger partial charge in [0, 0.05) is 31.1 Å². The predicted octanol–water partition coefficient (Wildman–Crippen LogP) is 5.31. The average molecular weight is 637 g/mol. The lowest BCUT2D eigenvalue weighted by Gasteiger charge is -2.29. The van der Waals surface area contributed by atoms with Gasteiger partial charge in [0.2, 0.25) is 11.8 Å². The van der Waals surface area contributed by atoms with Crippen LogP contribution in [0.25, 0.3) is 0 Å². The molecule has 1 aromatic rings. The number of aryl methyl sites for hydroxylation is 1. The van der Waals surface area contributed by atoms with Crippen LogP contribution in [0.5, 0.6) is 11.5 Å². The van der Waals surface area contributed by atoms with E-state index in [1.807, 2.05) is 18.2 Å². The van der Waals surface area contributed by atoms with E-state index in [1.165, 1.54) is 19.2 Å². The summed E-state index contributed by atoms with van der Waals surface area (Å²) in [6.07, 6.45) is 16.8. The molecule has 3 rings (SSSR count). The minimum absolute atomic E-state index is 0.0116. The molecule has 0 fully saturated rings. The number of phenolic OH excluding ortho intramolecular Hbond substituents is 2. The maximum atomic E-state index is 13.1. The molecule has 2 bridgehead atoms. The van der Waals surface area contributed by atoms with Gasteiger partial charge in [-0.3, -0.25) is 9.59 Å². The molecule has 2 aliphatic rings. The van der Waals surface area contributed by atoms with Crippen molar-refractivity contribution >= 4 is 23.5 Å². The molecular weight excluding hydrogens is 588 g/mol. The van der Waals surface area contributed by atoms with E-state index in [4.69, 9.17) is 9.47 Å². The summed E-state index contributed by atoms with van der Waals surface area (Å²) < 4.78 is 11.3. The Balaban J connectivity index is 1.83. The molecule has 0 saturated carbocycles. The lowest BCUT2D eigenvalue weighted by atomic mass is 9.90. The topological polar surface area (TPSA) is 154 Å². The third-order valence-corrected chi connectivity index (χ3v) is 8.28. The summed E-state index contributed by atoms with van der Waals surface area (Å²) in [5.41, 5.74) is 1.86. The van der Waals surface area contributed by atoms with Crippen LogP contribution in [0.15, 0.2) is 71.9 Å². The number of phenols is 2. The van der Waals surface area contributed by atoms with E-state index in [1.54, 1.807) is 51.2 Å². The predicted molar refractivity (Wildman–Crippen MR) is 177 cm³/mol. The van der Waals surface area contributed by atoms with Crippen molar-refractivity contribution in [1.29, 1.82) is 0 Å². The molecule has 0 saturated heterocycles. The molecule has 10 nitrogen and oxygen atoms in total. The summed E-state index contributed by atoms with van der Waals surface area (Å²) in [6.45, 7) is 5.17. The first-order valence-corrected chi connectivity index (χ1v) is 15.9. The zero-order valence-electron chi connectivity index (χ0n) is 27.2. The normalized spacial score (nSPS) is 24.1. The third-order valence-electron chi connectivity index (χ3n) is 8.28. The highest BCUT2D eigenvalue weighted by atomic mass is 16.5. The fraction of sp³-hybridized carbons (Fsp3) is 0.472. The molecule has 5 N–H and O–H groups in total. The van der Waals surface area contributed by atoms with Gasteiger partial charge in [0.15, 0.2) is 0 Å². The number of ether oxygens (including phenoxy) is 2. The summed E-state index contributed by atoms with van der Waals surface area (Å²) in [5, 5.41) is 37.7. The summed E-state index contributed by atoms with van der Waals surface area (Å²) in [7, 11) is 1.49. The first-order chi connectivity index (χ1) is 22.0.